The summed E-state index contributed by atoms with van der Waals surface area (Å²) < 4.78 is 5.56. The van der Waals surface area contributed by atoms with Gasteiger partial charge in [-0.2, -0.15) is 0 Å². The van der Waals surface area contributed by atoms with Crippen molar-refractivity contribution in [1.82, 2.24) is 10.2 Å². The molecular formula is C26H32N2O5. The molecule has 0 spiro atoms. The highest BCUT2D eigenvalue weighted by atomic mass is 16.5. The number of hydrogen-bond donors (Lipinski definition) is 2. The molecule has 0 saturated heterocycles. The SMILES string of the molecule is CCN(CCCC(=O)O)C(=O)CCC(C)NC(=O)OCC1c2ccccc2-c2ccccc21. The predicted octanol–water partition coefficient (Wildman–Crippen LogP) is 4.41. The van der Waals surface area contributed by atoms with Crippen LogP contribution in [-0.2, 0) is 14.3 Å². The molecule has 1 aliphatic rings. The van der Waals surface area contributed by atoms with Crippen molar-refractivity contribution in [3.8, 4) is 11.1 Å². The third-order valence-corrected chi connectivity index (χ3v) is 6.05. The van der Waals surface area contributed by atoms with Gasteiger partial charge in [0.15, 0.2) is 0 Å². The topological polar surface area (TPSA) is 95.9 Å². The number of rotatable bonds is 11. The molecule has 0 aliphatic heterocycles. The number of hydrogen-bond acceptors (Lipinski definition) is 4. The van der Waals surface area contributed by atoms with Crippen LogP contribution in [0.5, 0.6) is 0 Å². The van der Waals surface area contributed by atoms with E-state index in [-0.39, 0.29) is 37.3 Å². The van der Waals surface area contributed by atoms with Gasteiger partial charge < -0.3 is 20.1 Å². The Hall–Kier alpha value is -3.35. The molecule has 1 unspecified atom stereocenters. The maximum Gasteiger partial charge on any atom is 0.407 e. The monoisotopic (exact) mass is 452 g/mol. The zero-order valence-corrected chi connectivity index (χ0v) is 19.3. The number of carboxylic acid groups (broad SMARTS) is 1. The van der Waals surface area contributed by atoms with Crippen molar-refractivity contribution in [2.24, 2.45) is 0 Å². The van der Waals surface area contributed by atoms with Crippen molar-refractivity contribution >= 4 is 18.0 Å². The highest BCUT2D eigenvalue weighted by Gasteiger charge is 2.29. The van der Waals surface area contributed by atoms with Crippen LogP contribution in [0, 0.1) is 0 Å². The Bertz CT molecular complexity index is 945. The van der Waals surface area contributed by atoms with Crippen molar-refractivity contribution in [3.05, 3.63) is 59.7 Å². The summed E-state index contributed by atoms with van der Waals surface area (Å²) in [6, 6.07) is 16.1. The number of fused-ring (bicyclic) bond motifs is 3. The highest BCUT2D eigenvalue weighted by Crippen LogP contribution is 2.44. The van der Waals surface area contributed by atoms with Crippen molar-refractivity contribution in [2.45, 2.75) is 51.5 Å². The maximum absolute atomic E-state index is 12.4. The van der Waals surface area contributed by atoms with Gasteiger partial charge in [-0.3, -0.25) is 9.59 Å². The molecule has 0 heterocycles. The van der Waals surface area contributed by atoms with Gasteiger partial charge in [0.2, 0.25) is 5.91 Å². The summed E-state index contributed by atoms with van der Waals surface area (Å²) in [5.74, 6) is -0.896. The van der Waals surface area contributed by atoms with E-state index in [0.717, 1.165) is 11.1 Å². The molecule has 0 saturated carbocycles. The van der Waals surface area contributed by atoms with E-state index in [9.17, 15) is 14.4 Å². The second-order valence-electron chi connectivity index (χ2n) is 8.38. The largest absolute Gasteiger partial charge is 0.481 e. The van der Waals surface area contributed by atoms with Gasteiger partial charge in [0.1, 0.15) is 6.61 Å². The van der Waals surface area contributed by atoms with Crippen LogP contribution in [0.25, 0.3) is 11.1 Å². The summed E-state index contributed by atoms with van der Waals surface area (Å²) in [6.07, 6.45) is 0.751. The fourth-order valence-electron chi connectivity index (χ4n) is 4.29. The van der Waals surface area contributed by atoms with Crippen LogP contribution >= 0.6 is 0 Å². The fraction of sp³-hybridized carbons (Fsp3) is 0.423. The molecular weight excluding hydrogens is 420 g/mol. The zero-order chi connectivity index (χ0) is 23.8. The lowest BCUT2D eigenvalue weighted by molar-refractivity contribution is -0.138. The van der Waals surface area contributed by atoms with Crippen LogP contribution < -0.4 is 5.32 Å². The van der Waals surface area contributed by atoms with Crippen LogP contribution in [0.15, 0.2) is 48.5 Å². The summed E-state index contributed by atoms with van der Waals surface area (Å²) in [5.41, 5.74) is 4.68. The molecule has 33 heavy (non-hydrogen) atoms. The molecule has 0 radical (unpaired) electrons. The van der Waals surface area contributed by atoms with Gasteiger partial charge in [0.05, 0.1) is 0 Å². The molecule has 2 N–H and O–H groups in total. The Kier molecular flexibility index (Phi) is 8.46. The minimum absolute atomic E-state index is 0.00366. The molecule has 7 nitrogen and oxygen atoms in total. The first-order valence-electron chi connectivity index (χ1n) is 11.5. The molecule has 1 atom stereocenters. The summed E-state index contributed by atoms with van der Waals surface area (Å²) in [5, 5.41) is 11.6. The standard InChI is InChI=1S/C26H32N2O5/c1-3-28(16-8-13-25(30)31)24(29)15-14-18(2)27-26(32)33-17-23-21-11-6-4-9-19(21)20-10-5-7-12-22(20)23/h4-7,9-12,18,23H,3,8,13-17H2,1-2H3,(H,27,32)(H,30,31). The van der Waals surface area contributed by atoms with Crippen LogP contribution in [0.3, 0.4) is 0 Å². The van der Waals surface area contributed by atoms with E-state index in [1.807, 2.05) is 38.1 Å². The van der Waals surface area contributed by atoms with Gasteiger partial charge in [0, 0.05) is 37.9 Å². The third kappa shape index (κ3) is 6.34. The highest BCUT2D eigenvalue weighted by molar-refractivity contribution is 5.79. The number of carbonyl (C=O) groups is 3. The first kappa shape index (κ1) is 24.3. The molecule has 2 amide bonds. The smallest absolute Gasteiger partial charge is 0.407 e. The van der Waals surface area contributed by atoms with E-state index >= 15 is 0 Å². The number of benzene rings is 2. The molecule has 0 fully saturated rings. The summed E-state index contributed by atoms with van der Waals surface area (Å²) in [7, 11) is 0. The summed E-state index contributed by atoms with van der Waals surface area (Å²) >= 11 is 0. The summed E-state index contributed by atoms with van der Waals surface area (Å²) in [4.78, 5) is 37.1. The Morgan fingerprint density at radius 3 is 2.21 bits per heavy atom. The number of aliphatic carboxylic acids is 1. The first-order chi connectivity index (χ1) is 15.9. The van der Waals surface area contributed by atoms with Gasteiger partial charge >= 0.3 is 12.1 Å². The molecule has 0 bridgehead atoms. The number of amides is 2. The number of nitrogens with zero attached hydrogens (tertiary/aromatic N) is 1. The van der Waals surface area contributed by atoms with Gasteiger partial charge in [-0.25, -0.2) is 4.79 Å². The van der Waals surface area contributed by atoms with Crippen LogP contribution in [0.2, 0.25) is 0 Å². The van der Waals surface area contributed by atoms with E-state index < -0.39 is 12.1 Å². The van der Waals surface area contributed by atoms with E-state index in [4.69, 9.17) is 9.84 Å². The lowest BCUT2D eigenvalue weighted by atomic mass is 9.98. The van der Waals surface area contributed by atoms with Gasteiger partial charge in [-0.15, -0.1) is 0 Å². The van der Waals surface area contributed by atoms with Crippen LogP contribution in [-0.4, -0.2) is 53.7 Å². The first-order valence-corrected chi connectivity index (χ1v) is 11.5. The lowest BCUT2D eigenvalue weighted by Gasteiger charge is -2.22. The molecule has 2 aromatic carbocycles. The quantitative estimate of drug-likeness (QED) is 0.527. The van der Waals surface area contributed by atoms with E-state index in [2.05, 4.69) is 29.6 Å². The maximum atomic E-state index is 12.4. The molecule has 3 rings (SSSR count). The van der Waals surface area contributed by atoms with Crippen molar-refractivity contribution in [2.75, 3.05) is 19.7 Å². The van der Waals surface area contributed by atoms with Gasteiger partial charge in [-0.05, 0) is 48.9 Å². The fourth-order valence-corrected chi connectivity index (χ4v) is 4.29. The van der Waals surface area contributed by atoms with Gasteiger partial charge in [-0.1, -0.05) is 48.5 Å². The van der Waals surface area contributed by atoms with Gasteiger partial charge in [0.25, 0.3) is 0 Å². The Balaban J connectivity index is 1.45. The number of carbonyl (C=O) groups excluding carboxylic acids is 2. The molecule has 7 heteroatoms. The number of carboxylic acids is 1. The average molecular weight is 453 g/mol. The molecule has 1 aliphatic carbocycles. The second kappa shape index (κ2) is 11.5. The van der Waals surface area contributed by atoms with E-state index in [1.165, 1.54) is 11.1 Å². The Labute approximate surface area is 194 Å². The van der Waals surface area contributed by atoms with Crippen molar-refractivity contribution < 1.29 is 24.2 Å². The molecule has 2 aromatic rings. The van der Waals surface area contributed by atoms with E-state index in [0.29, 0.717) is 25.9 Å². The Morgan fingerprint density at radius 2 is 1.64 bits per heavy atom. The number of alkyl carbamates (subject to hydrolysis) is 1. The molecule has 0 aromatic heterocycles. The normalized spacial score (nSPS) is 13.0. The Morgan fingerprint density at radius 1 is 1.03 bits per heavy atom. The number of ether oxygens (including phenoxy) is 1. The minimum Gasteiger partial charge on any atom is -0.481 e. The second-order valence-corrected chi connectivity index (χ2v) is 8.38. The van der Waals surface area contributed by atoms with Crippen molar-refractivity contribution in [1.29, 1.82) is 0 Å². The zero-order valence-electron chi connectivity index (χ0n) is 19.3. The third-order valence-electron chi connectivity index (χ3n) is 6.05. The lowest BCUT2D eigenvalue weighted by Crippen LogP contribution is -2.36. The van der Waals surface area contributed by atoms with Crippen LogP contribution in [0.4, 0.5) is 4.79 Å². The van der Waals surface area contributed by atoms with Crippen LogP contribution in [0.1, 0.15) is 56.6 Å². The average Bonchev–Trinajstić information content (AvgIpc) is 3.12. The van der Waals surface area contributed by atoms with E-state index in [1.54, 1.807) is 4.90 Å². The minimum atomic E-state index is -0.862. The van der Waals surface area contributed by atoms with Crippen molar-refractivity contribution in [3.63, 3.8) is 0 Å². The molecule has 176 valence electrons. The summed E-state index contributed by atoms with van der Waals surface area (Å²) in [6.45, 7) is 4.92. The predicted molar refractivity (Wildman–Crippen MR) is 126 cm³/mol. The number of nitrogens with one attached hydrogen (secondary N) is 1.